The fourth-order valence-corrected chi connectivity index (χ4v) is 3.74. The van der Waals surface area contributed by atoms with Gasteiger partial charge in [-0.15, -0.1) is 0 Å². The third kappa shape index (κ3) is 7.80. The van der Waals surface area contributed by atoms with Crippen LogP contribution < -0.4 is 25.5 Å². The highest BCUT2D eigenvalue weighted by molar-refractivity contribution is 6.40. The minimum absolute atomic E-state index is 0.133. The average molecular weight is 585 g/mol. The molecule has 3 amide bonds. The lowest BCUT2D eigenvalue weighted by Crippen LogP contribution is -2.33. The second-order valence-corrected chi connectivity index (χ2v) is 9.26. The molecule has 212 valence electrons. The number of rotatable bonds is 8. The van der Waals surface area contributed by atoms with Gasteiger partial charge in [0.25, 0.3) is 5.91 Å². The van der Waals surface area contributed by atoms with E-state index in [4.69, 9.17) is 21.1 Å². The van der Waals surface area contributed by atoms with Gasteiger partial charge in [-0.2, -0.15) is 5.10 Å². The first-order chi connectivity index (χ1) is 20.2. The van der Waals surface area contributed by atoms with Gasteiger partial charge in [0.2, 0.25) is 0 Å². The van der Waals surface area contributed by atoms with Crippen molar-refractivity contribution in [3.05, 3.63) is 118 Å². The van der Waals surface area contributed by atoms with E-state index in [1.807, 2.05) is 6.92 Å². The summed E-state index contributed by atoms with van der Waals surface area (Å²) in [5.74, 6) is -2.67. The maximum Gasteiger partial charge on any atom is 0.343 e. The number of aryl methyl sites for hydroxylation is 1. The number of methoxy groups -OCH3 is 1. The van der Waals surface area contributed by atoms with Crippen LogP contribution in [0.25, 0.3) is 0 Å². The molecule has 10 nitrogen and oxygen atoms in total. The van der Waals surface area contributed by atoms with E-state index in [1.165, 1.54) is 31.5 Å². The van der Waals surface area contributed by atoms with Crippen LogP contribution in [0.2, 0.25) is 5.02 Å². The Morgan fingerprint density at radius 1 is 0.810 bits per heavy atom. The fourth-order valence-electron chi connectivity index (χ4n) is 3.61. The highest BCUT2D eigenvalue weighted by atomic mass is 35.5. The molecule has 0 radical (unpaired) electrons. The minimum Gasteiger partial charge on any atom is -0.493 e. The van der Waals surface area contributed by atoms with E-state index in [0.29, 0.717) is 21.8 Å². The summed E-state index contributed by atoms with van der Waals surface area (Å²) in [5, 5.41) is 9.45. The number of hydrazone groups is 1. The third-order valence-corrected chi connectivity index (χ3v) is 6.04. The Morgan fingerprint density at radius 3 is 2.24 bits per heavy atom. The van der Waals surface area contributed by atoms with E-state index in [0.717, 1.165) is 5.56 Å². The summed E-state index contributed by atoms with van der Waals surface area (Å²) in [5.41, 5.74) is 4.81. The summed E-state index contributed by atoms with van der Waals surface area (Å²) in [6.07, 6.45) is 1.28. The topological polar surface area (TPSA) is 135 Å². The fraction of sp³-hybridized carbons (Fsp3) is 0.0645. The van der Waals surface area contributed by atoms with E-state index in [2.05, 4.69) is 21.2 Å². The monoisotopic (exact) mass is 584 g/mol. The van der Waals surface area contributed by atoms with Crippen LogP contribution in [0.1, 0.15) is 31.8 Å². The van der Waals surface area contributed by atoms with Gasteiger partial charge in [0.15, 0.2) is 11.5 Å². The lowest BCUT2D eigenvalue weighted by Gasteiger charge is -2.11. The number of nitrogens with zero attached hydrogens (tertiary/aromatic N) is 1. The van der Waals surface area contributed by atoms with Crippen molar-refractivity contribution in [3.8, 4) is 11.5 Å². The van der Waals surface area contributed by atoms with Crippen LogP contribution in [0, 0.1) is 6.92 Å². The van der Waals surface area contributed by atoms with Crippen molar-refractivity contribution < 1.29 is 28.7 Å². The summed E-state index contributed by atoms with van der Waals surface area (Å²) < 4.78 is 10.8. The quantitative estimate of drug-likeness (QED) is 0.0854. The van der Waals surface area contributed by atoms with Crippen molar-refractivity contribution in [2.45, 2.75) is 6.92 Å². The minimum atomic E-state index is -1.06. The number of anilines is 2. The number of esters is 1. The summed E-state index contributed by atoms with van der Waals surface area (Å²) in [4.78, 5) is 50.1. The average Bonchev–Trinajstić information content (AvgIpc) is 2.99. The summed E-state index contributed by atoms with van der Waals surface area (Å²) in [7, 11) is 1.42. The smallest absolute Gasteiger partial charge is 0.343 e. The molecular formula is C31H25ClN4O6. The second-order valence-electron chi connectivity index (χ2n) is 8.83. The van der Waals surface area contributed by atoms with Crippen LogP contribution >= 0.6 is 11.6 Å². The molecule has 0 aliphatic rings. The van der Waals surface area contributed by atoms with Crippen LogP contribution in [-0.4, -0.2) is 37.0 Å². The van der Waals surface area contributed by atoms with Crippen LogP contribution in [-0.2, 0) is 9.59 Å². The van der Waals surface area contributed by atoms with Gasteiger partial charge in [0.1, 0.15) is 0 Å². The zero-order valence-corrected chi connectivity index (χ0v) is 23.3. The number of amides is 3. The number of hydrogen-bond acceptors (Lipinski definition) is 7. The van der Waals surface area contributed by atoms with Gasteiger partial charge in [-0.05, 0) is 79.2 Å². The lowest BCUT2D eigenvalue weighted by atomic mass is 10.1. The molecule has 4 aromatic carbocycles. The van der Waals surface area contributed by atoms with Crippen molar-refractivity contribution in [1.29, 1.82) is 0 Å². The molecule has 0 bridgehead atoms. The lowest BCUT2D eigenvalue weighted by molar-refractivity contribution is -0.136. The normalized spacial score (nSPS) is 10.5. The van der Waals surface area contributed by atoms with E-state index in [9.17, 15) is 19.2 Å². The molecule has 0 aromatic heterocycles. The molecule has 0 saturated heterocycles. The predicted molar refractivity (Wildman–Crippen MR) is 159 cm³/mol. The number of halogens is 1. The number of benzene rings is 4. The second kappa shape index (κ2) is 13.7. The van der Waals surface area contributed by atoms with Crippen molar-refractivity contribution in [1.82, 2.24) is 5.43 Å². The van der Waals surface area contributed by atoms with Crippen molar-refractivity contribution in [2.24, 2.45) is 5.10 Å². The number of carbonyl (C=O) groups is 4. The summed E-state index contributed by atoms with van der Waals surface area (Å²) in [6.45, 7) is 1.91. The molecule has 0 spiro atoms. The molecule has 0 aliphatic heterocycles. The van der Waals surface area contributed by atoms with Crippen LogP contribution in [0.3, 0.4) is 0 Å². The maximum absolute atomic E-state index is 12.8. The molecular weight excluding hydrogens is 560 g/mol. The first kappa shape index (κ1) is 29.5. The highest BCUT2D eigenvalue weighted by Gasteiger charge is 2.18. The molecule has 0 unspecified atom stereocenters. The molecule has 0 fully saturated rings. The number of hydrogen-bond donors (Lipinski definition) is 3. The van der Waals surface area contributed by atoms with Gasteiger partial charge < -0.3 is 20.1 Å². The van der Waals surface area contributed by atoms with E-state index in [-0.39, 0.29) is 22.7 Å². The molecule has 42 heavy (non-hydrogen) atoms. The van der Waals surface area contributed by atoms with Gasteiger partial charge in [-0.1, -0.05) is 41.4 Å². The number of carbonyl (C=O) groups excluding carboxylic acids is 4. The van der Waals surface area contributed by atoms with Crippen LogP contribution in [0.4, 0.5) is 11.4 Å². The Balaban J connectivity index is 1.35. The van der Waals surface area contributed by atoms with Crippen molar-refractivity contribution >= 4 is 52.9 Å². The van der Waals surface area contributed by atoms with Crippen LogP contribution in [0.5, 0.6) is 11.5 Å². The summed E-state index contributed by atoms with van der Waals surface area (Å²) in [6, 6.07) is 24.3. The number of para-hydroxylation sites is 1. The molecule has 0 saturated carbocycles. The van der Waals surface area contributed by atoms with E-state index >= 15 is 0 Å². The zero-order chi connectivity index (χ0) is 30.1. The molecule has 11 heteroatoms. The first-order valence-electron chi connectivity index (χ1n) is 12.5. The van der Waals surface area contributed by atoms with Gasteiger partial charge >= 0.3 is 17.8 Å². The Kier molecular flexibility index (Phi) is 9.65. The highest BCUT2D eigenvalue weighted by Crippen LogP contribution is 2.28. The molecule has 0 heterocycles. The van der Waals surface area contributed by atoms with Gasteiger partial charge in [-0.25, -0.2) is 10.2 Å². The third-order valence-electron chi connectivity index (χ3n) is 5.79. The Morgan fingerprint density at radius 2 is 1.52 bits per heavy atom. The van der Waals surface area contributed by atoms with Gasteiger partial charge in [0.05, 0.1) is 30.1 Å². The van der Waals surface area contributed by atoms with E-state index < -0.39 is 23.7 Å². The standard InChI is InChI=1S/C31H25ClN4O6/c1-19-7-10-21(11-8-19)31(40)42-26-16-9-20(17-27(26)41-2)18-33-36-30(39)29(38)35-25-6-4-3-5-24(25)28(37)34-23-14-12-22(32)13-15-23/h3-18H,1-2H3,(H,34,37)(H,35,38)(H,36,39)/b33-18-. The van der Waals surface area contributed by atoms with Crippen molar-refractivity contribution in [3.63, 3.8) is 0 Å². The predicted octanol–water partition coefficient (Wildman–Crippen LogP) is 5.22. The van der Waals surface area contributed by atoms with Crippen molar-refractivity contribution in [2.75, 3.05) is 17.7 Å². The summed E-state index contributed by atoms with van der Waals surface area (Å²) >= 11 is 5.88. The Labute approximate surface area is 246 Å². The molecule has 4 rings (SSSR count). The molecule has 0 atom stereocenters. The maximum atomic E-state index is 12.8. The largest absolute Gasteiger partial charge is 0.493 e. The van der Waals surface area contributed by atoms with Gasteiger partial charge in [0, 0.05) is 10.7 Å². The Hall–Kier alpha value is -5.48. The van der Waals surface area contributed by atoms with Gasteiger partial charge in [-0.3, -0.25) is 14.4 Å². The number of nitrogens with one attached hydrogen (secondary N) is 3. The number of ether oxygens (including phenoxy) is 2. The SMILES string of the molecule is COc1cc(/C=N\NC(=O)C(=O)Nc2ccccc2C(=O)Nc2ccc(Cl)cc2)ccc1OC(=O)c1ccc(C)cc1. The zero-order valence-electron chi connectivity index (χ0n) is 22.5. The van der Waals surface area contributed by atoms with E-state index in [1.54, 1.807) is 72.8 Å². The first-order valence-corrected chi connectivity index (χ1v) is 12.9. The van der Waals surface area contributed by atoms with Crippen LogP contribution in [0.15, 0.2) is 96.1 Å². The molecule has 3 N–H and O–H groups in total. The molecule has 4 aromatic rings. The molecule has 0 aliphatic carbocycles. The Bertz CT molecular complexity index is 1650.